The number of likely N-dealkylation sites (N-methyl/N-ethyl adjacent to an activating group) is 1. The maximum atomic E-state index is 12.6. The summed E-state index contributed by atoms with van der Waals surface area (Å²) in [6.45, 7) is 3.97. The number of carbonyl (C=O) groups is 2. The molecule has 10 heteroatoms. The van der Waals surface area contributed by atoms with Crippen LogP contribution in [0, 0.1) is 0 Å². The maximum Gasteiger partial charge on any atom is 0.310 e. The molecule has 56 heavy (non-hydrogen) atoms. The molecule has 0 saturated heterocycles. The summed E-state index contributed by atoms with van der Waals surface area (Å²) in [4.78, 5) is 37.4. The van der Waals surface area contributed by atoms with Crippen molar-refractivity contribution in [2.75, 3.05) is 47.5 Å². The van der Waals surface area contributed by atoms with Crippen molar-refractivity contribution in [1.82, 2.24) is 0 Å². The number of phosphoric acid groups is 1. The zero-order valence-corrected chi connectivity index (χ0v) is 36.9. The van der Waals surface area contributed by atoms with Crippen molar-refractivity contribution in [2.24, 2.45) is 0 Å². The SMILES string of the molecule is CC/C=C\C/C=C\C/C=C\C/C=C\C/C=C\CC(=O)OC(COC(=O)CCCCCCCCC/C=C\CCCCCCCC)COP(=O)([O-])OCC[N+](C)(C)C. The number of allylic oxidation sites excluding steroid dienone is 11. The first-order valence-electron chi connectivity index (χ1n) is 21.6. The third-order valence-electron chi connectivity index (χ3n) is 8.74. The highest BCUT2D eigenvalue weighted by molar-refractivity contribution is 7.45. The van der Waals surface area contributed by atoms with Gasteiger partial charge in [0.05, 0.1) is 34.2 Å². The molecule has 0 radical (unpaired) electrons. The van der Waals surface area contributed by atoms with Gasteiger partial charge in [-0.2, -0.15) is 0 Å². The fraction of sp³-hybridized carbons (Fsp3) is 0.696. The number of ether oxygens (including phenoxy) is 2. The Labute approximate surface area is 342 Å². The van der Waals surface area contributed by atoms with E-state index in [1.54, 1.807) is 6.08 Å². The van der Waals surface area contributed by atoms with E-state index in [0.29, 0.717) is 23.9 Å². The van der Waals surface area contributed by atoms with E-state index in [4.69, 9.17) is 18.5 Å². The Bertz CT molecular complexity index is 1180. The Balaban J connectivity index is 4.50. The minimum atomic E-state index is -4.65. The summed E-state index contributed by atoms with van der Waals surface area (Å²) in [7, 11) is 1.10. The van der Waals surface area contributed by atoms with Crippen molar-refractivity contribution in [3.05, 3.63) is 72.9 Å². The van der Waals surface area contributed by atoms with Crippen LogP contribution in [0.4, 0.5) is 0 Å². The molecule has 0 aliphatic rings. The van der Waals surface area contributed by atoms with Crippen LogP contribution < -0.4 is 4.89 Å². The van der Waals surface area contributed by atoms with Crippen LogP contribution in [-0.2, 0) is 32.7 Å². The van der Waals surface area contributed by atoms with Crippen molar-refractivity contribution >= 4 is 19.8 Å². The fourth-order valence-corrected chi connectivity index (χ4v) is 6.10. The number of esters is 2. The molecule has 0 N–H and O–H groups in total. The number of quaternary nitrogens is 1. The Hall–Kier alpha value is -2.55. The van der Waals surface area contributed by atoms with Crippen LogP contribution in [0.1, 0.15) is 155 Å². The number of rotatable bonds is 38. The highest BCUT2D eigenvalue weighted by atomic mass is 31.2. The van der Waals surface area contributed by atoms with Gasteiger partial charge >= 0.3 is 11.9 Å². The van der Waals surface area contributed by atoms with E-state index in [-0.39, 0.29) is 26.1 Å². The number of carbonyl (C=O) groups excluding carboxylic acids is 2. The van der Waals surface area contributed by atoms with Gasteiger partial charge in [0.25, 0.3) is 7.82 Å². The van der Waals surface area contributed by atoms with Crippen LogP contribution in [0.25, 0.3) is 0 Å². The molecule has 0 aromatic carbocycles. The first-order chi connectivity index (χ1) is 27.0. The molecule has 2 unspecified atom stereocenters. The molecule has 0 saturated carbocycles. The third kappa shape index (κ3) is 41.1. The highest BCUT2D eigenvalue weighted by Crippen LogP contribution is 2.38. The zero-order valence-electron chi connectivity index (χ0n) is 36.1. The van der Waals surface area contributed by atoms with Crippen molar-refractivity contribution in [1.29, 1.82) is 0 Å². The van der Waals surface area contributed by atoms with Gasteiger partial charge in [-0.15, -0.1) is 0 Å². The lowest BCUT2D eigenvalue weighted by Gasteiger charge is -2.28. The van der Waals surface area contributed by atoms with Gasteiger partial charge in [0.1, 0.15) is 19.8 Å². The Morgan fingerprint density at radius 3 is 1.59 bits per heavy atom. The summed E-state index contributed by atoms with van der Waals surface area (Å²) in [6, 6.07) is 0. The molecule has 9 nitrogen and oxygen atoms in total. The van der Waals surface area contributed by atoms with E-state index < -0.39 is 32.5 Å². The van der Waals surface area contributed by atoms with E-state index in [0.717, 1.165) is 51.4 Å². The maximum absolute atomic E-state index is 12.6. The summed E-state index contributed by atoms with van der Waals surface area (Å²) in [6.07, 6.45) is 46.8. The number of hydrogen-bond acceptors (Lipinski definition) is 8. The van der Waals surface area contributed by atoms with Crippen molar-refractivity contribution in [3.63, 3.8) is 0 Å². The Kier molecular flexibility index (Phi) is 36.3. The van der Waals surface area contributed by atoms with Gasteiger partial charge < -0.3 is 27.9 Å². The molecule has 322 valence electrons. The second kappa shape index (κ2) is 38.0. The molecule has 0 bridgehead atoms. The molecule has 0 aromatic rings. The summed E-state index contributed by atoms with van der Waals surface area (Å²) >= 11 is 0. The predicted molar refractivity (Wildman–Crippen MR) is 231 cm³/mol. The lowest BCUT2D eigenvalue weighted by molar-refractivity contribution is -0.870. The van der Waals surface area contributed by atoms with E-state index in [1.807, 2.05) is 33.3 Å². The molecule has 0 rings (SSSR count). The minimum Gasteiger partial charge on any atom is -0.756 e. The molecule has 0 aliphatic heterocycles. The predicted octanol–water partition coefficient (Wildman–Crippen LogP) is 11.6. The molecular weight excluding hydrogens is 725 g/mol. The van der Waals surface area contributed by atoms with Gasteiger partial charge in [-0.1, -0.05) is 151 Å². The average Bonchev–Trinajstić information content (AvgIpc) is 3.15. The fourth-order valence-electron chi connectivity index (χ4n) is 5.37. The quantitative estimate of drug-likeness (QED) is 0.0199. The van der Waals surface area contributed by atoms with Crippen LogP contribution >= 0.6 is 7.82 Å². The largest absolute Gasteiger partial charge is 0.756 e. The van der Waals surface area contributed by atoms with E-state index in [9.17, 15) is 19.0 Å². The molecule has 0 fully saturated rings. The molecule has 0 spiro atoms. The number of phosphoric ester groups is 1. The second-order valence-electron chi connectivity index (χ2n) is 15.3. The lowest BCUT2D eigenvalue weighted by Crippen LogP contribution is -2.37. The first-order valence-corrected chi connectivity index (χ1v) is 23.1. The monoisotopic (exact) mass is 806 g/mol. The van der Waals surface area contributed by atoms with Gasteiger partial charge in [0, 0.05) is 6.42 Å². The average molecular weight is 806 g/mol. The van der Waals surface area contributed by atoms with Crippen LogP contribution in [0.15, 0.2) is 72.9 Å². The van der Waals surface area contributed by atoms with Gasteiger partial charge in [-0.05, 0) is 64.2 Å². The first kappa shape index (κ1) is 53.5. The van der Waals surface area contributed by atoms with E-state index in [1.165, 1.54) is 64.2 Å². The summed E-state index contributed by atoms with van der Waals surface area (Å²) in [5, 5.41) is 0. The van der Waals surface area contributed by atoms with Crippen LogP contribution in [0.3, 0.4) is 0 Å². The third-order valence-corrected chi connectivity index (χ3v) is 9.71. The number of nitrogens with zero attached hydrogens (tertiary/aromatic N) is 1. The molecule has 0 heterocycles. The van der Waals surface area contributed by atoms with E-state index in [2.05, 4.69) is 68.5 Å². The van der Waals surface area contributed by atoms with E-state index >= 15 is 0 Å². The second-order valence-corrected chi connectivity index (χ2v) is 16.7. The van der Waals surface area contributed by atoms with Crippen molar-refractivity contribution < 1.29 is 42.1 Å². The minimum absolute atomic E-state index is 0.0110. The zero-order chi connectivity index (χ0) is 41.4. The highest BCUT2D eigenvalue weighted by Gasteiger charge is 2.21. The van der Waals surface area contributed by atoms with Gasteiger partial charge in [0.15, 0.2) is 6.10 Å². The molecule has 2 atom stereocenters. The Morgan fingerprint density at radius 2 is 1.07 bits per heavy atom. The van der Waals surface area contributed by atoms with Gasteiger partial charge in [0.2, 0.25) is 0 Å². The summed E-state index contributed by atoms with van der Waals surface area (Å²) in [5.74, 6) is -0.993. The molecule has 0 aromatic heterocycles. The summed E-state index contributed by atoms with van der Waals surface area (Å²) < 4.78 is 33.7. The smallest absolute Gasteiger partial charge is 0.310 e. The lowest BCUT2D eigenvalue weighted by atomic mass is 10.1. The summed E-state index contributed by atoms with van der Waals surface area (Å²) in [5.41, 5.74) is 0. The number of hydrogen-bond donors (Lipinski definition) is 0. The van der Waals surface area contributed by atoms with Crippen LogP contribution in [0.5, 0.6) is 0 Å². The van der Waals surface area contributed by atoms with Crippen LogP contribution in [-0.4, -0.2) is 70.0 Å². The van der Waals surface area contributed by atoms with Gasteiger partial charge in [-0.3, -0.25) is 14.2 Å². The van der Waals surface area contributed by atoms with Crippen LogP contribution in [0.2, 0.25) is 0 Å². The molecule has 0 aliphatic carbocycles. The normalized spacial score (nSPS) is 14.3. The Morgan fingerprint density at radius 1 is 0.589 bits per heavy atom. The van der Waals surface area contributed by atoms with Crippen molar-refractivity contribution in [2.45, 2.75) is 161 Å². The van der Waals surface area contributed by atoms with Gasteiger partial charge in [-0.25, -0.2) is 0 Å². The number of unbranched alkanes of at least 4 members (excludes halogenated alkanes) is 13. The molecule has 0 amide bonds. The van der Waals surface area contributed by atoms with Crippen molar-refractivity contribution in [3.8, 4) is 0 Å². The topological polar surface area (TPSA) is 111 Å². The standard InChI is InChI=1S/C46H80NO8P/c1-6-8-10-12-14-16-18-20-22-23-25-26-28-30-32-34-36-38-45(48)52-42-44(43-54-56(50,51)53-41-40-47(3,4)5)55-46(49)39-37-35-33-31-29-27-24-21-19-17-15-13-11-9-7-2/h9,11,15,17,20-22,24,29,31,35,37,44H,6-8,10,12-14,16,18-19,23,25-28,30,32-34,36,38-43H2,1-5H3/b11-9-,17-15-,22-20-,24-21-,31-29-,37-35-. The molecular formula is C46H80NO8P.